The minimum atomic E-state index is 0.832. The molecular weight excluding hydrogens is 202 g/mol. The summed E-state index contributed by atoms with van der Waals surface area (Å²) >= 11 is 0. The Bertz CT molecular complexity index is 498. The minimum absolute atomic E-state index is 0.832. The Labute approximate surface area is 94.1 Å². The van der Waals surface area contributed by atoms with Crippen LogP contribution in [-0.4, -0.2) is 40.7 Å². The molecule has 84 valence electrons. The molecule has 3 heterocycles. The summed E-state index contributed by atoms with van der Waals surface area (Å²) in [6, 6.07) is 4.01. The first-order valence-electron chi connectivity index (χ1n) is 5.59. The molecular formula is C11H15N5. The molecule has 0 radical (unpaired) electrons. The summed E-state index contributed by atoms with van der Waals surface area (Å²) in [5.74, 6) is 1.02. The maximum Gasteiger partial charge on any atom is 0.207 e. The van der Waals surface area contributed by atoms with Crippen LogP contribution < -0.4 is 10.2 Å². The molecule has 1 fully saturated rings. The van der Waals surface area contributed by atoms with Crippen LogP contribution in [0.5, 0.6) is 0 Å². The number of piperazine rings is 1. The van der Waals surface area contributed by atoms with Crippen molar-refractivity contribution in [3.8, 4) is 0 Å². The number of aryl methyl sites for hydroxylation is 1. The lowest BCUT2D eigenvalue weighted by Crippen LogP contribution is -2.44. The number of hydrogen-bond acceptors (Lipinski definition) is 4. The number of nitrogens with one attached hydrogen (secondary N) is 1. The number of anilines is 1. The van der Waals surface area contributed by atoms with E-state index in [-0.39, 0.29) is 0 Å². The number of imidazole rings is 1. The molecule has 1 aliphatic rings. The van der Waals surface area contributed by atoms with Gasteiger partial charge in [0.15, 0.2) is 5.65 Å². The van der Waals surface area contributed by atoms with E-state index < -0.39 is 0 Å². The summed E-state index contributed by atoms with van der Waals surface area (Å²) in [6.45, 7) is 4.07. The third-order valence-electron chi connectivity index (χ3n) is 3.03. The zero-order valence-corrected chi connectivity index (χ0v) is 9.35. The number of hydrogen-bond donors (Lipinski definition) is 1. The molecule has 2 aromatic rings. The molecule has 0 saturated carbocycles. The van der Waals surface area contributed by atoms with E-state index in [1.807, 2.05) is 13.1 Å². The van der Waals surface area contributed by atoms with Crippen molar-refractivity contribution in [2.75, 3.05) is 31.1 Å². The van der Waals surface area contributed by atoms with Gasteiger partial charge in [0.05, 0.1) is 5.52 Å². The fraction of sp³-hybridized carbons (Fsp3) is 0.455. The van der Waals surface area contributed by atoms with Gasteiger partial charge in [-0.3, -0.25) is 0 Å². The number of fused-ring (bicyclic) bond motifs is 1. The third kappa shape index (κ3) is 1.44. The second-order valence-electron chi connectivity index (χ2n) is 4.05. The first kappa shape index (κ1) is 9.59. The third-order valence-corrected chi connectivity index (χ3v) is 3.03. The Balaban J connectivity index is 2.05. The van der Waals surface area contributed by atoms with Crippen LogP contribution >= 0.6 is 0 Å². The van der Waals surface area contributed by atoms with E-state index in [0.717, 1.165) is 43.3 Å². The van der Waals surface area contributed by atoms with Crippen LogP contribution in [0.3, 0.4) is 0 Å². The van der Waals surface area contributed by atoms with Crippen molar-refractivity contribution in [1.29, 1.82) is 0 Å². The molecule has 16 heavy (non-hydrogen) atoms. The smallest absolute Gasteiger partial charge is 0.207 e. The van der Waals surface area contributed by atoms with Gasteiger partial charge in [0.25, 0.3) is 0 Å². The van der Waals surface area contributed by atoms with Gasteiger partial charge in [0.2, 0.25) is 5.95 Å². The van der Waals surface area contributed by atoms with Crippen molar-refractivity contribution in [2.45, 2.75) is 0 Å². The van der Waals surface area contributed by atoms with Crippen molar-refractivity contribution in [3.05, 3.63) is 18.3 Å². The largest absolute Gasteiger partial charge is 0.340 e. The van der Waals surface area contributed by atoms with E-state index in [0.29, 0.717) is 0 Å². The minimum Gasteiger partial charge on any atom is -0.340 e. The topological polar surface area (TPSA) is 46.0 Å². The van der Waals surface area contributed by atoms with Gasteiger partial charge in [-0.2, -0.15) is 4.98 Å². The normalized spacial score (nSPS) is 16.9. The van der Waals surface area contributed by atoms with Crippen LogP contribution in [0, 0.1) is 0 Å². The quantitative estimate of drug-likeness (QED) is 0.750. The van der Waals surface area contributed by atoms with Crippen molar-refractivity contribution in [1.82, 2.24) is 19.9 Å². The predicted octanol–water partition coefficient (Wildman–Crippen LogP) is 0.378. The summed E-state index contributed by atoms with van der Waals surface area (Å²) < 4.78 is 2.12. The molecule has 5 heteroatoms. The van der Waals surface area contributed by atoms with Crippen molar-refractivity contribution in [3.63, 3.8) is 0 Å². The predicted molar refractivity (Wildman–Crippen MR) is 63.6 cm³/mol. The van der Waals surface area contributed by atoms with E-state index in [2.05, 4.69) is 30.8 Å². The lowest BCUT2D eigenvalue weighted by atomic mass is 10.4. The van der Waals surface area contributed by atoms with Gasteiger partial charge < -0.3 is 14.8 Å². The first-order chi connectivity index (χ1) is 7.86. The van der Waals surface area contributed by atoms with Crippen LogP contribution in [0.1, 0.15) is 0 Å². The maximum atomic E-state index is 4.59. The van der Waals surface area contributed by atoms with Gasteiger partial charge in [-0.1, -0.05) is 0 Å². The molecule has 1 saturated heterocycles. The van der Waals surface area contributed by atoms with E-state index in [4.69, 9.17) is 0 Å². The highest BCUT2D eigenvalue weighted by Gasteiger charge is 2.16. The second kappa shape index (κ2) is 3.75. The van der Waals surface area contributed by atoms with Gasteiger partial charge in [-0.25, -0.2) is 4.98 Å². The average molecular weight is 217 g/mol. The number of pyridine rings is 1. The van der Waals surface area contributed by atoms with E-state index in [1.54, 1.807) is 6.20 Å². The van der Waals surface area contributed by atoms with Crippen LogP contribution in [-0.2, 0) is 7.05 Å². The molecule has 5 nitrogen and oxygen atoms in total. The molecule has 3 rings (SSSR count). The van der Waals surface area contributed by atoms with E-state index in [9.17, 15) is 0 Å². The summed E-state index contributed by atoms with van der Waals surface area (Å²) in [5.41, 5.74) is 1.93. The number of rotatable bonds is 1. The van der Waals surface area contributed by atoms with Crippen LogP contribution in [0.4, 0.5) is 5.95 Å². The molecule has 2 aromatic heterocycles. The summed E-state index contributed by atoms with van der Waals surface area (Å²) in [5, 5.41) is 3.34. The number of aromatic nitrogens is 3. The SMILES string of the molecule is Cn1c(N2CCNCC2)nc2ncccc21. The zero-order chi connectivity index (χ0) is 11.0. The van der Waals surface area contributed by atoms with Gasteiger partial charge in [0.1, 0.15) is 0 Å². The Morgan fingerprint density at radius 3 is 2.88 bits per heavy atom. The number of nitrogens with zero attached hydrogens (tertiary/aromatic N) is 4. The van der Waals surface area contributed by atoms with Gasteiger partial charge >= 0.3 is 0 Å². The molecule has 0 bridgehead atoms. The highest BCUT2D eigenvalue weighted by Crippen LogP contribution is 2.19. The molecule has 1 aliphatic heterocycles. The Morgan fingerprint density at radius 2 is 2.12 bits per heavy atom. The fourth-order valence-corrected chi connectivity index (χ4v) is 2.16. The zero-order valence-electron chi connectivity index (χ0n) is 9.35. The molecule has 0 spiro atoms. The maximum absolute atomic E-state index is 4.59. The summed E-state index contributed by atoms with van der Waals surface area (Å²) in [4.78, 5) is 11.2. The van der Waals surface area contributed by atoms with Crippen LogP contribution in [0.25, 0.3) is 11.2 Å². The lowest BCUT2D eigenvalue weighted by molar-refractivity contribution is 0.575. The molecule has 0 aliphatic carbocycles. The van der Waals surface area contributed by atoms with Crippen LogP contribution in [0.15, 0.2) is 18.3 Å². The Morgan fingerprint density at radius 1 is 1.31 bits per heavy atom. The molecule has 1 N–H and O–H groups in total. The van der Waals surface area contributed by atoms with Crippen molar-refractivity contribution in [2.24, 2.45) is 7.05 Å². The van der Waals surface area contributed by atoms with Gasteiger partial charge in [-0.05, 0) is 12.1 Å². The second-order valence-corrected chi connectivity index (χ2v) is 4.05. The van der Waals surface area contributed by atoms with Crippen molar-refractivity contribution >= 4 is 17.1 Å². The molecule has 0 atom stereocenters. The molecule has 0 aromatic carbocycles. The Kier molecular flexibility index (Phi) is 2.25. The highest BCUT2D eigenvalue weighted by molar-refractivity contribution is 5.74. The molecule has 0 amide bonds. The van der Waals surface area contributed by atoms with E-state index in [1.165, 1.54) is 0 Å². The summed E-state index contributed by atoms with van der Waals surface area (Å²) in [6.07, 6.45) is 1.79. The standard InChI is InChI=1S/C11H15N5/c1-15-9-3-2-4-13-10(9)14-11(15)16-7-5-12-6-8-16/h2-4,12H,5-8H2,1H3. The highest BCUT2D eigenvalue weighted by atomic mass is 15.3. The van der Waals surface area contributed by atoms with Crippen molar-refractivity contribution < 1.29 is 0 Å². The fourth-order valence-electron chi connectivity index (χ4n) is 2.16. The summed E-state index contributed by atoms with van der Waals surface area (Å²) in [7, 11) is 2.05. The van der Waals surface area contributed by atoms with Gasteiger partial charge in [-0.15, -0.1) is 0 Å². The van der Waals surface area contributed by atoms with E-state index >= 15 is 0 Å². The van der Waals surface area contributed by atoms with Crippen LogP contribution in [0.2, 0.25) is 0 Å². The molecule has 0 unspecified atom stereocenters. The first-order valence-corrected chi connectivity index (χ1v) is 5.59. The lowest BCUT2D eigenvalue weighted by Gasteiger charge is -2.28. The Hall–Kier alpha value is -1.62. The monoisotopic (exact) mass is 217 g/mol. The van der Waals surface area contributed by atoms with Gasteiger partial charge in [0, 0.05) is 39.4 Å². The average Bonchev–Trinajstić information content (AvgIpc) is 2.69.